The molecule has 3 aromatic rings. The molecule has 1 saturated heterocycles. The van der Waals surface area contributed by atoms with Crippen LogP contribution in [-0.4, -0.2) is 59.1 Å². The molecule has 0 radical (unpaired) electrons. The molecular formula is C31H39N4O5+. The summed E-state index contributed by atoms with van der Waals surface area (Å²) in [5.41, 5.74) is 2.95. The molecular weight excluding hydrogens is 508 g/mol. The van der Waals surface area contributed by atoms with Gasteiger partial charge in [0.2, 0.25) is 5.91 Å². The molecule has 212 valence electrons. The highest BCUT2D eigenvalue weighted by atomic mass is 16.5. The third kappa shape index (κ3) is 6.04. The maximum Gasteiger partial charge on any atom is 0.308 e. The van der Waals surface area contributed by atoms with Crippen LogP contribution >= 0.6 is 0 Å². The van der Waals surface area contributed by atoms with Crippen molar-refractivity contribution < 1.29 is 28.4 Å². The number of nitrogens with zero attached hydrogens (tertiary/aromatic N) is 4. The summed E-state index contributed by atoms with van der Waals surface area (Å²) in [7, 11) is 1.94. The van der Waals surface area contributed by atoms with Gasteiger partial charge in [-0.3, -0.25) is 14.5 Å². The van der Waals surface area contributed by atoms with Gasteiger partial charge in [-0.1, -0.05) is 25.5 Å². The van der Waals surface area contributed by atoms with Crippen LogP contribution in [0.2, 0.25) is 0 Å². The standard InChI is InChI=1S/C31H38N4O5/c1-4-5-14-35(24-7-6-13-33(3)18-24)29(36)20-34-19-25(22-8-10-27-23(16-22)12-15-39-27)30(31(37)38)26(34)9-11-28-32-17-21(2)40-28/h6-8,10,13,16-18,25-26,30H,4-5,9,11-12,14-15,19-20H2,1-3H3/p+1/t25-,26+,30-/m1/s1. The number of anilines is 1. The lowest BCUT2D eigenvalue weighted by molar-refractivity contribution is -0.670. The highest BCUT2D eigenvalue weighted by Gasteiger charge is 2.47. The summed E-state index contributed by atoms with van der Waals surface area (Å²) in [5.74, 6) is 0.413. The molecule has 0 saturated carbocycles. The van der Waals surface area contributed by atoms with Crippen LogP contribution in [0.5, 0.6) is 5.75 Å². The highest BCUT2D eigenvalue weighted by molar-refractivity contribution is 5.94. The number of unbranched alkanes of at least 4 members (excludes halogenated alkanes) is 1. The Bertz CT molecular complexity index is 1350. The van der Waals surface area contributed by atoms with E-state index in [4.69, 9.17) is 9.15 Å². The smallest absolute Gasteiger partial charge is 0.308 e. The van der Waals surface area contributed by atoms with Crippen LogP contribution in [0, 0.1) is 12.8 Å². The van der Waals surface area contributed by atoms with Gasteiger partial charge in [-0.15, -0.1) is 0 Å². The number of ether oxygens (including phenoxy) is 1. The predicted octanol–water partition coefficient (Wildman–Crippen LogP) is 3.68. The van der Waals surface area contributed by atoms with Crippen LogP contribution in [0.15, 0.2) is 53.3 Å². The molecule has 4 heterocycles. The van der Waals surface area contributed by atoms with Crippen LogP contribution in [0.25, 0.3) is 0 Å². The number of aromatic nitrogens is 2. The van der Waals surface area contributed by atoms with Crippen molar-refractivity contribution >= 4 is 17.6 Å². The summed E-state index contributed by atoms with van der Waals surface area (Å²) in [6.45, 7) is 5.85. The van der Waals surface area contributed by atoms with E-state index >= 15 is 0 Å². The Labute approximate surface area is 235 Å². The number of pyridine rings is 1. The van der Waals surface area contributed by atoms with Crippen LogP contribution in [-0.2, 0) is 29.5 Å². The first-order valence-electron chi connectivity index (χ1n) is 14.2. The first-order chi connectivity index (χ1) is 19.3. The van der Waals surface area contributed by atoms with E-state index in [-0.39, 0.29) is 24.4 Å². The second-order valence-electron chi connectivity index (χ2n) is 11.0. The van der Waals surface area contributed by atoms with Crippen molar-refractivity contribution in [2.75, 3.05) is 31.1 Å². The number of rotatable bonds is 11. The SMILES string of the molecule is CCCCN(C(=O)CN1C[C@H](c2ccc3c(c2)CCO3)[C@@H](C(=O)O)[C@@H]1CCc1ncc(C)o1)c1ccc[n+](C)c1. The van der Waals surface area contributed by atoms with E-state index in [2.05, 4.69) is 22.9 Å². The molecule has 0 bridgehead atoms. The Balaban J connectivity index is 1.44. The van der Waals surface area contributed by atoms with E-state index in [0.29, 0.717) is 38.4 Å². The van der Waals surface area contributed by atoms with Gasteiger partial charge in [0.05, 0.1) is 25.3 Å². The Hall–Kier alpha value is -3.72. The molecule has 1 amide bonds. The number of likely N-dealkylation sites (tertiary alicyclic amines) is 1. The van der Waals surface area contributed by atoms with Crippen LogP contribution in [0.4, 0.5) is 5.69 Å². The van der Waals surface area contributed by atoms with Crippen LogP contribution in [0.3, 0.4) is 0 Å². The lowest BCUT2D eigenvalue weighted by Gasteiger charge is -2.29. The Morgan fingerprint density at radius 3 is 2.85 bits per heavy atom. The Morgan fingerprint density at radius 2 is 2.12 bits per heavy atom. The van der Waals surface area contributed by atoms with Gasteiger partial charge in [0.25, 0.3) is 0 Å². The van der Waals surface area contributed by atoms with Gasteiger partial charge in [0.1, 0.15) is 24.2 Å². The van der Waals surface area contributed by atoms with Crippen molar-refractivity contribution in [3.63, 3.8) is 0 Å². The summed E-state index contributed by atoms with van der Waals surface area (Å²) >= 11 is 0. The molecule has 1 aromatic carbocycles. The fourth-order valence-electron chi connectivity index (χ4n) is 6.12. The molecule has 2 aliphatic rings. The van der Waals surface area contributed by atoms with Crippen molar-refractivity contribution in [3.8, 4) is 5.75 Å². The third-order valence-corrected chi connectivity index (χ3v) is 8.11. The van der Waals surface area contributed by atoms with Crippen LogP contribution < -0.4 is 14.2 Å². The molecule has 0 unspecified atom stereocenters. The summed E-state index contributed by atoms with van der Waals surface area (Å²) in [5, 5.41) is 10.5. The van der Waals surface area contributed by atoms with Gasteiger partial charge in [-0.2, -0.15) is 0 Å². The number of fused-ring (bicyclic) bond motifs is 1. The van der Waals surface area contributed by atoms with Gasteiger partial charge in [0.15, 0.2) is 18.3 Å². The van der Waals surface area contributed by atoms with E-state index in [9.17, 15) is 14.7 Å². The largest absolute Gasteiger partial charge is 0.493 e. The van der Waals surface area contributed by atoms with Crippen LogP contribution in [0.1, 0.15) is 54.9 Å². The number of carboxylic acids is 1. The predicted molar refractivity (Wildman–Crippen MR) is 149 cm³/mol. The molecule has 3 atom stereocenters. The molecule has 2 aromatic heterocycles. The lowest BCUT2D eigenvalue weighted by Crippen LogP contribution is -2.45. The summed E-state index contributed by atoms with van der Waals surface area (Å²) in [4.78, 5) is 35.0. The molecule has 9 nitrogen and oxygen atoms in total. The minimum absolute atomic E-state index is 0.0243. The zero-order valence-corrected chi connectivity index (χ0v) is 23.6. The molecule has 5 rings (SSSR count). The van der Waals surface area contributed by atoms with Crippen molar-refractivity contribution in [3.05, 3.63) is 71.7 Å². The quantitative estimate of drug-likeness (QED) is 0.366. The van der Waals surface area contributed by atoms with Crippen molar-refractivity contribution in [2.45, 2.75) is 57.9 Å². The molecule has 0 spiro atoms. The number of hydrogen-bond donors (Lipinski definition) is 1. The number of carbonyl (C=O) groups excluding carboxylic acids is 1. The average molecular weight is 548 g/mol. The summed E-state index contributed by atoms with van der Waals surface area (Å²) in [6, 6.07) is 9.59. The number of aryl methyl sites for hydroxylation is 3. The normalized spacial score (nSPS) is 20.3. The topological polar surface area (TPSA) is 100.0 Å². The molecule has 1 N–H and O–H groups in total. The van der Waals surface area contributed by atoms with E-state index in [1.54, 1.807) is 6.20 Å². The van der Waals surface area contributed by atoms with Gasteiger partial charge in [-0.05, 0) is 43.0 Å². The van der Waals surface area contributed by atoms with Gasteiger partial charge < -0.3 is 19.2 Å². The minimum atomic E-state index is -0.844. The van der Waals surface area contributed by atoms with Crippen molar-refractivity contribution in [1.29, 1.82) is 0 Å². The van der Waals surface area contributed by atoms with Gasteiger partial charge >= 0.3 is 5.97 Å². The van der Waals surface area contributed by atoms with E-state index in [1.165, 1.54) is 0 Å². The minimum Gasteiger partial charge on any atom is -0.493 e. The summed E-state index contributed by atoms with van der Waals surface area (Å²) < 4.78 is 13.3. The number of aliphatic carboxylic acids is 1. The molecule has 9 heteroatoms. The van der Waals surface area contributed by atoms with Crippen molar-refractivity contribution in [2.24, 2.45) is 13.0 Å². The van der Waals surface area contributed by atoms with Gasteiger partial charge in [0, 0.05) is 44.0 Å². The Morgan fingerprint density at radius 1 is 1.27 bits per heavy atom. The molecule has 2 aliphatic heterocycles. The maximum absolute atomic E-state index is 13.9. The summed E-state index contributed by atoms with van der Waals surface area (Å²) in [6.07, 6.45) is 9.29. The first kappa shape index (κ1) is 27.8. The van der Waals surface area contributed by atoms with E-state index in [1.807, 2.05) is 60.1 Å². The van der Waals surface area contributed by atoms with E-state index in [0.717, 1.165) is 47.6 Å². The second-order valence-corrected chi connectivity index (χ2v) is 11.0. The highest BCUT2D eigenvalue weighted by Crippen LogP contribution is 2.41. The second kappa shape index (κ2) is 12.2. The molecule has 1 fully saturated rings. The zero-order chi connectivity index (χ0) is 28.2. The van der Waals surface area contributed by atoms with Gasteiger partial charge in [-0.25, -0.2) is 9.55 Å². The fourth-order valence-corrected chi connectivity index (χ4v) is 6.12. The number of carbonyl (C=O) groups is 2. The van der Waals surface area contributed by atoms with E-state index < -0.39 is 11.9 Å². The number of hydrogen-bond acceptors (Lipinski definition) is 6. The first-order valence-corrected chi connectivity index (χ1v) is 14.2. The monoisotopic (exact) mass is 547 g/mol. The maximum atomic E-state index is 13.9. The number of amides is 1. The number of oxazole rings is 1. The number of carboxylic acid groups (broad SMARTS) is 1. The number of benzene rings is 1. The molecule has 0 aliphatic carbocycles. The third-order valence-electron chi connectivity index (χ3n) is 8.11. The zero-order valence-electron chi connectivity index (χ0n) is 23.6. The molecule has 40 heavy (non-hydrogen) atoms. The fraction of sp³-hybridized carbons (Fsp3) is 0.484. The lowest BCUT2D eigenvalue weighted by atomic mass is 9.83. The Kier molecular flexibility index (Phi) is 8.49. The van der Waals surface area contributed by atoms with Crippen molar-refractivity contribution in [1.82, 2.24) is 9.88 Å². The average Bonchev–Trinajstić information content (AvgIpc) is 3.65.